The van der Waals surface area contributed by atoms with Crippen LogP contribution in [0.15, 0.2) is 77.2 Å². The molecule has 0 amide bonds. The molecule has 0 aliphatic carbocycles. The highest BCUT2D eigenvalue weighted by atomic mass is 16.5. The lowest BCUT2D eigenvalue weighted by atomic mass is 10.1. The molecule has 0 radical (unpaired) electrons. The minimum absolute atomic E-state index is 0.486. The normalized spacial score (nSPS) is 11.3. The molecule has 8 nitrogen and oxygen atoms in total. The molecule has 8 heteroatoms. The van der Waals surface area contributed by atoms with Crippen LogP contribution in [0.2, 0.25) is 0 Å². The maximum absolute atomic E-state index is 11.5. The van der Waals surface area contributed by atoms with Gasteiger partial charge < -0.3 is 28.6 Å². The van der Waals surface area contributed by atoms with Gasteiger partial charge in [-0.15, -0.1) is 0 Å². The summed E-state index contributed by atoms with van der Waals surface area (Å²) < 4.78 is 22.8. The monoisotopic (exact) mass is 490 g/mol. The van der Waals surface area contributed by atoms with Crippen LogP contribution in [-0.4, -0.2) is 41.9 Å². The number of oxazole rings is 1. The number of carboxylic acid groups (broad SMARTS) is 1. The first-order chi connectivity index (χ1) is 17.3. The Morgan fingerprint density at radius 1 is 1.00 bits per heavy atom. The highest BCUT2D eigenvalue weighted by Crippen LogP contribution is 2.26. The van der Waals surface area contributed by atoms with Crippen LogP contribution >= 0.6 is 0 Å². The Balaban J connectivity index is 1.47. The minimum Gasteiger partial charge on any atom is -0.497 e. The van der Waals surface area contributed by atoms with Gasteiger partial charge in [0.2, 0.25) is 0 Å². The summed E-state index contributed by atoms with van der Waals surface area (Å²) in [5.41, 5.74) is 1.10. The van der Waals surface area contributed by atoms with E-state index in [-0.39, 0.29) is 0 Å². The van der Waals surface area contributed by atoms with E-state index in [1.165, 1.54) is 13.8 Å². The second kappa shape index (κ2) is 11.0. The van der Waals surface area contributed by atoms with Crippen molar-refractivity contribution in [2.45, 2.75) is 32.4 Å². The van der Waals surface area contributed by atoms with E-state index in [2.05, 4.69) is 4.98 Å². The van der Waals surface area contributed by atoms with E-state index in [1.807, 2.05) is 71.6 Å². The SMILES string of the molecule is COc1ccc(OCCCN(Cc2cccc(OC(C)(C)C(=O)O)c2)c2nc3ccccc3o2)cc1. The van der Waals surface area contributed by atoms with E-state index >= 15 is 0 Å². The standard InChI is InChI=1S/C28H30N2O6/c1-28(2,26(31)32)36-23-9-6-8-20(18-23)19-30(27-29-24-10-4-5-11-25(24)35-27)16-7-17-34-22-14-12-21(33-3)13-15-22/h4-6,8-15,18H,7,16-17,19H2,1-3H3,(H,31,32). The van der Waals surface area contributed by atoms with Crippen molar-refractivity contribution in [3.63, 3.8) is 0 Å². The van der Waals surface area contributed by atoms with Gasteiger partial charge in [-0.25, -0.2) is 4.79 Å². The van der Waals surface area contributed by atoms with Crippen molar-refractivity contribution in [2.24, 2.45) is 0 Å². The van der Waals surface area contributed by atoms with Crippen LogP contribution in [0, 0.1) is 0 Å². The number of rotatable bonds is 12. The number of fused-ring (bicyclic) bond motifs is 1. The number of hydrogen-bond acceptors (Lipinski definition) is 7. The Hall–Kier alpha value is -4.20. The molecule has 0 unspecified atom stereocenters. The number of aromatic nitrogens is 1. The van der Waals surface area contributed by atoms with Crippen molar-refractivity contribution in [3.8, 4) is 17.2 Å². The van der Waals surface area contributed by atoms with Crippen molar-refractivity contribution in [1.29, 1.82) is 0 Å². The number of carboxylic acids is 1. The molecule has 4 rings (SSSR count). The smallest absolute Gasteiger partial charge is 0.347 e. The molecule has 1 heterocycles. The van der Waals surface area contributed by atoms with Gasteiger partial charge in [-0.2, -0.15) is 4.98 Å². The van der Waals surface area contributed by atoms with Gasteiger partial charge >= 0.3 is 5.97 Å². The van der Waals surface area contributed by atoms with Crippen LogP contribution in [0.4, 0.5) is 6.01 Å². The molecule has 0 fully saturated rings. The third-order valence-electron chi connectivity index (χ3n) is 5.61. The predicted molar refractivity (Wildman–Crippen MR) is 137 cm³/mol. The van der Waals surface area contributed by atoms with E-state index in [1.54, 1.807) is 13.2 Å². The Bertz CT molecular complexity index is 1270. The van der Waals surface area contributed by atoms with Crippen LogP contribution < -0.4 is 19.1 Å². The van der Waals surface area contributed by atoms with E-state index in [0.29, 0.717) is 37.0 Å². The largest absolute Gasteiger partial charge is 0.497 e. The third kappa shape index (κ3) is 6.27. The quantitative estimate of drug-likeness (QED) is 0.258. The molecule has 3 aromatic carbocycles. The van der Waals surface area contributed by atoms with Crippen LogP contribution in [-0.2, 0) is 11.3 Å². The lowest BCUT2D eigenvalue weighted by Crippen LogP contribution is -2.37. The zero-order valence-corrected chi connectivity index (χ0v) is 20.6. The molecule has 0 aliphatic rings. The van der Waals surface area contributed by atoms with Crippen LogP contribution in [0.5, 0.6) is 17.2 Å². The number of aliphatic carboxylic acids is 1. The molecule has 1 N–H and O–H groups in total. The summed E-state index contributed by atoms with van der Waals surface area (Å²) >= 11 is 0. The fourth-order valence-electron chi connectivity index (χ4n) is 3.62. The first-order valence-corrected chi connectivity index (χ1v) is 11.7. The first-order valence-electron chi connectivity index (χ1n) is 11.7. The highest BCUT2D eigenvalue weighted by Gasteiger charge is 2.29. The summed E-state index contributed by atoms with van der Waals surface area (Å²) in [4.78, 5) is 18.2. The Labute approximate surface area is 210 Å². The molecular weight excluding hydrogens is 460 g/mol. The second-order valence-corrected chi connectivity index (χ2v) is 8.83. The van der Waals surface area contributed by atoms with Gasteiger partial charge in [-0.1, -0.05) is 24.3 Å². The van der Waals surface area contributed by atoms with Gasteiger partial charge in [-0.05, 0) is 74.4 Å². The summed E-state index contributed by atoms with van der Waals surface area (Å²) in [5.74, 6) is 1.01. The summed E-state index contributed by atoms with van der Waals surface area (Å²) in [6.07, 6.45) is 0.729. The molecule has 0 atom stereocenters. The molecule has 36 heavy (non-hydrogen) atoms. The summed E-state index contributed by atoms with van der Waals surface area (Å²) in [7, 11) is 1.63. The van der Waals surface area contributed by atoms with Gasteiger partial charge in [-0.3, -0.25) is 0 Å². The van der Waals surface area contributed by atoms with Crippen LogP contribution in [0.3, 0.4) is 0 Å². The zero-order chi connectivity index (χ0) is 25.5. The van der Waals surface area contributed by atoms with E-state index in [9.17, 15) is 9.90 Å². The number of para-hydroxylation sites is 2. The van der Waals surface area contributed by atoms with Gasteiger partial charge in [0, 0.05) is 13.1 Å². The molecule has 0 bridgehead atoms. The van der Waals surface area contributed by atoms with Gasteiger partial charge in [0.25, 0.3) is 6.01 Å². The van der Waals surface area contributed by atoms with E-state index < -0.39 is 11.6 Å². The predicted octanol–water partition coefficient (Wildman–Crippen LogP) is 5.55. The highest BCUT2D eigenvalue weighted by molar-refractivity contribution is 5.77. The Morgan fingerprint density at radius 2 is 1.75 bits per heavy atom. The number of nitrogens with zero attached hydrogens (tertiary/aromatic N) is 2. The van der Waals surface area contributed by atoms with Crippen LogP contribution in [0.25, 0.3) is 11.1 Å². The first kappa shape index (κ1) is 24.9. The number of anilines is 1. The topological polar surface area (TPSA) is 94.3 Å². The maximum Gasteiger partial charge on any atom is 0.347 e. The van der Waals surface area contributed by atoms with Gasteiger partial charge in [0.1, 0.15) is 22.8 Å². The average Bonchev–Trinajstić information content (AvgIpc) is 3.30. The molecule has 1 aromatic heterocycles. The fraction of sp³-hybridized carbons (Fsp3) is 0.286. The number of ether oxygens (including phenoxy) is 3. The lowest BCUT2D eigenvalue weighted by Gasteiger charge is -2.23. The maximum atomic E-state index is 11.5. The summed E-state index contributed by atoms with van der Waals surface area (Å²) in [6, 6.07) is 23.0. The van der Waals surface area contributed by atoms with Crippen molar-refractivity contribution >= 4 is 23.1 Å². The summed E-state index contributed by atoms with van der Waals surface area (Å²) in [6.45, 7) is 4.69. The van der Waals surface area contributed by atoms with Crippen LogP contribution in [0.1, 0.15) is 25.8 Å². The Kier molecular flexibility index (Phi) is 7.63. The van der Waals surface area contributed by atoms with E-state index in [0.717, 1.165) is 29.0 Å². The number of carbonyl (C=O) groups is 1. The molecule has 0 saturated carbocycles. The van der Waals surface area contributed by atoms with Gasteiger partial charge in [0.15, 0.2) is 11.2 Å². The average molecular weight is 491 g/mol. The molecular formula is C28H30N2O6. The molecule has 4 aromatic rings. The molecule has 0 aliphatic heterocycles. The molecule has 0 spiro atoms. The second-order valence-electron chi connectivity index (χ2n) is 8.83. The van der Waals surface area contributed by atoms with Crippen molar-refractivity contribution in [2.75, 3.05) is 25.2 Å². The van der Waals surface area contributed by atoms with Gasteiger partial charge in [0.05, 0.1) is 13.7 Å². The zero-order valence-electron chi connectivity index (χ0n) is 20.6. The third-order valence-corrected chi connectivity index (χ3v) is 5.61. The molecule has 0 saturated heterocycles. The fourth-order valence-corrected chi connectivity index (χ4v) is 3.62. The van der Waals surface area contributed by atoms with Crippen molar-refractivity contribution < 1.29 is 28.5 Å². The number of hydrogen-bond donors (Lipinski definition) is 1. The van der Waals surface area contributed by atoms with Crippen molar-refractivity contribution in [1.82, 2.24) is 4.98 Å². The number of methoxy groups -OCH3 is 1. The van der Waals surface area contributed by atoms with Crippen molar-refractivity contribution in [3.05, 3.63) is 78.4 Å². The lowest BCUT2D eigenvalue weighted by molar-refractivity contribution is -0.152. The summed E-state index contributed by atoms with van der Waals surface area (Å²) in [5, 5.41) is 9.39. The minimum atomic E-state index is -1.34. The number of benzene rings is 3. The molecule has 188 valence electrons. The Morgan fingerprint density at radius 3 is 2.47 bits per heavy atom. The van der Waals surface area contributed by atoms with E-state index in [4.69, 9.17) is 18.6 Å².